The summed E-state index contributed by atoms with van der Waals surface area (Å²) in [7, 11) is 0. The minimum Gasteiger partial charge on any atom is -0.437 e. The van der Waals surface area contributed by atoms with Crippen molar-refractivity contribution in [1.29, 1.82) is 0 Å². The first-order chi connectivity index (χ1) is 15.2. The molecule has 2 aromatic carbocycles. The zero-order valence-electron chi connectivity index (χ0n) is 16.9. The van der Waals surface area contributed by atoms with E-state index in [4.69, 9.17) is 4.74 Å². The molecule has 1 aliphatic carbocycles. The number of aliphatic hydroxyl groups excluding tert-OH is 1. The number of hydrogen-bond donors (Lipinski definition) is 2. The van der Waals surface area contributed by atoms with Gasteiger partial charge in [-0.05, 0) is 55.7 Å². The molecule has 4 aromatic rings. The number of aromatic nitrogens is 4. The van der Waals surface area contributed by atoms with Crippen LogP contribution < -0.4 is 4.74 Å². The lowest BCUT2D eigenvalue weighted by Crippen LogP contribution is -2.19. The number of carbonyl (C=O) groups is 1. The van der Waals surface area contributed by atoms with Crippen molar-refractivity contribution in [2.45, 2.75) is 37.7 Å². The van der Waals surface area contributed by atoms with E-state index in [1.807, 2.05) is 24.3 Å². The van der Waals surface area contributed by atoms with E-state index in [2.05, 4.69) is 19.9 Å². The summed E-state index contributed by atoms with van der Waals surface area (Å²) in [6, 6.07) is 14.4. The van der Waals surface area contributed by atoms with Crippen LogP contribution in [-0.2, 0) is 0 Å². The smallest absolute Gasteiger partial charge is 0.241 e. The van der Waals surface area contributed by atoms with E-state index in [-0.39, 0.29) is 17.8 Å². The van der Waals surface area contributed by atoms with Crippen LogP contribution in [0.1, 0.15) is 53.5 Å². The Morgan fingerprint density at radius 2 is 1.84 bits per heavy atom. The van der Waals surface area contributed by atoms with E-state index in [0.717, 1.165) is 36.0 Å². The number of ether oxygens (including phenoxy) is 1. The van der Waals surface area contributed by atoms with E-state index in [1.54, 1.807) is 36.7 Å². The average Bonchev–Trinajstić information content (AvgIpc) is 3.24. The summed E-state index contributed by atoms with van der Waals surface area (Å²) in [4.78, 5) is 29.1. The summed E-state index contributed by atoms with van der Waals surface area (Å²) >= 11 is 0. The van der Waals surface area contributed by atoms with E-state index in [9.17, 15) is 9.90 Å². The maximum absolute atomic E-state index is 12.8. The number of hydrogen-bond acceptors (Lipinski definition) is 6. The molecule has 31 heavy (non-hydrogen) atoms. The van der Waals surface area contributed by atoms with E-state index < -0.39 is 0 Å². The summed E-state index contributed by atoms with van der Waals surface area (Å²) in [5, 5.41) is 10.0. The van der Waals surface area contributed by atoms with Gasteiger partial charge in [0.1, 0.15) is 11.4 Å². The van der Waals surface area contributed by atoms with Gasteiger partial charge in [0.15, 0.2) is 5.82 Å². The molecule has 2 heterocycles. The Balaban J connectivity index is 1.34. The fourth-order valence-electron chi connectivity index (χ4n) is 4.09. The molecule has 1 fully saturated rings. The average molecular weight is 414 g/mol. The van der Waals surface area contributed by atoms with Gasteiger partial charge in [-0.3, -0.25) is 9.78 Å². The zero-order chi connectivity index (χ0) is 21.2. The number of nitrogens with one attached hydrogen (secondary N) is 1. The monoisotopic (exact) mass is 414 g/mol. The molecule has 1 unspecified atom stereocenters. The molecular formula is C24H22N4O3. The summed E-state index contributed by atoms with van der Waals surface area (Å²) in [6.45, 7) is 0. The molecule has 2 atom stereocenters. The Bertz CT molecular complexity index is 1190. The van der Waals surface area contributed by atoms with Gasteiger partial charge in [0, 0.05) is 23.9 Å². The molecule has 0 aliphatic heterocycles. The highest BCUT2D eigenvalue weighted by Gasteiger charge is 2.26. The molecule has 1 aliphatic rings. The first kappa shape index (κ1) is 19.4. The summed E-state index contributed by atoms with van der Waals surface area (Å²) in [5.41, 5.74) is 2.87. The molecule has 0 spiro atoms. The molecule has 7 heteroatoms. The van der Waals surface area contributed by atoms with Crippen LogP contribution in [0, 0.1) is 0 Å². The van der Waals surface area contributed by atoms with Crippen molar-refractivity contribution in [3.63, 3.8) is 0 Å². The fraction of sp³-hybridized carbons (Fsp3) is 0.250. The number of fused-ring (bicyclic) bond motifs is 1. The third-order valence-electron chi connectivity index (χ3n) is 5.66. The molecule has 156 valence electrons. The number of ketones is 1. The number of benzene rings is 2. The van der Waals surface area contributed by atoms with E-state index >= 15 is 0 Å². The fourth-order valence-corrected chi connectivity index (χ4v) is 4.09. The maximum atomic E-state index is 12.8. The Morgan fingerprint density at radius 1 is 1.03 bits per heavy atom. The number of carbonyl (C=O) groups excluding carboxylic acids is 1. The predicted molar refractivity (Wildman–Crippen MR) is 115 cm³/mol. The van der Waals surface area contributed by atoms with Crippen LogP contribution in [-0.4, -0.2) is 36.9 Å². The van der Waals surface area contributed by atoms with Crippen LogP contribution in [0.4, 0.5) is 0 Å². The van der Waals surface area contributed by atoms with Crippen LogP contribution in [0.25, 0.3) is 11.0 Å². The quantitative estimate of drug-likeness (QED) is 0.470. The molecule has 2 aromatic heterocycles. The lowest BCUT2D eigenvalue weighted by molar-refractivity contribution is 0.103. The van der Waals surface area contributed by atoms with Crippen LogP contribution >= 0.6 is 0 Å². The number of aromatic amines is 1. The molecule has 1 saturated carbocycles. The van der Waals surface area contributed by atoms with Gasteiger partial charge < -0.3 is 14.8 Å². The lowest BCUT2D eigenvalue weighted by atomic mass is 9.85. The van der Waals surface area contributed by atoms with Gasteiger partial charge in [0.2, 0.25) is 11.7 Å². The van der Waals surface area contributed by atoms with Gasteiger partial charge in [-0.15, -0.1) is 0 Å². The number of rotatable bonds is 5. The largest absolute Gasteiger partial charge is 0.437 e. The maximum Gasteiger partial charge on any atom is 0.241 e. The van der Waals surface area contributed by atoms with Gasteiger partial charge in [0.05, 0.1) is 17.1 Å². The lowest BCUT2D eigenvalue weighted by Gasteiger charge is -2.26. The van der Waals surface area contributed by atoms with Gasteiger partial charge in [0.25, 0.3) is 0 Å². The van der Waals surface area contributed by atoms with Crippen LogP contribution in [0.2, 0.25) is 0 Å². The third kappa shape index (κ3) is 4.04. The van der Waals surface area contributed by atoms with Gasteiger partial charge in [-0.1, -0.05) is 18.6 Å². The van der Waals surface area contributed by atoms with Crippen molar-refractivity contribution in [2.24, 2.45) is 0 Å². The number of nitrogens with zero attached hydrogens (tertiary/aromatic N) is 3. The SMILES string of the molecule is O=C(c1ccc(Oc2nccnc2C2CCC[C@H](O)C2)cc1)c1nc2ccccc2[nH]1. The summed E-state index contributed by atoms with van der Waals surface area (Å²) < 4.78 is 6.00. The highest BCUT2D eigenvalue weighted by Crippen LogP contribution is 2.36. The number of aliphatic hydroxyl groups is 1. The molecule has 2 N–H and O–H groups in total. The number of para-hydroxylation sites is 2. The predicted octanol–water partition coefficient (Wildman–Crippen LogP) is 4.39. The molecule has 0 saturated heterocycles. The second-order valence-corrected chi connectivity index (χ2v) is 7.82. The van der Waals surface area contributed by atoms with Crippen LogP contribution in [0.15, 0.2) is 60.9 Å². The van der Waals surface area contributed by atoms with Gasteiger partial charge in [-0.25, -0.2) is 9.97 Å². The van der Waals surface area contributed by atoms with Crippen molar-refractivity contribution in [3.8, 4) is 11.6 Å². The molecule has 0 radical (unpaired) electrons. The zero-order valence-corrected chi connectivity index (χ0v) is 16.9. The van der Waals surface area contributed by atoms with Crippen LogP contribution in [0.5, 0.6) is 11.6 Å². The number of H-pyrrole nitrogens is 1. The molecule has 7 nitrogen and oxygen atoms in total. The van der Waals surface area contributed by atoms with Crippen molar-refractivity contribution in [1.82, 2.24) is 19.9 Å². The standard InChI is InChI=1S/C24H22N4O3/c29-17-5-3-4-16(14-17)21-24(26-13-12-25-21)31-18-10-8-15(9-11-18)22(30)23-27-19-6-1-2-7-20(19)28-23/h1-2,6-13,16-17,29H,3-5,14H2,(H,27,28)/t16?,17-/m0/s1. The van der Waals surface area contributed by atoms with Gasteiger partial charge >= 0.3 is 0 Å². The highest BCUT2D eigenvalue weighted by atomic mass is 16.5. The number of imidazole rings is 1. The summed E-state index contributed by atoms with van der Waals surface area (Å²) in [5.74, 6) is 1.26. The van der Waals surface area contributed by atoms with E-state index in [1.165, 1.54) is 0 Å². The Morgan fingerprint density at radius 3 is 2.65 bits per heavy atom. The van der Waals surface area contributed by atoms with E-state index in [0.29, 0.717) is 29.4 Å². The molecular weight excluding hydrogens is 392 g/mol. The first-order valence-corrected chi connectivity index (χ1v) is 10.4. The normalized spacial score (nSPS) is 18.7. The Kier molecular flexibility index (Phi) is 5.18. The highest BCUT2D eigenvalue weighted by molar-refractivity contribution is 6.08. The van der Waals surface area contributed by atoms with Crippen molar-refractivity contribution < 1.29 is 14.6 Å². The Hall–Kier alpha value is -3.58. The molecule has 0 amide bonds. The van der Waals surface area contributed by atoms with Crippen LogP contribution in [0.3, 0.4) is 0 Å². The first-order valence-electron chi connectivity index (χ1n) is 10.4. The molecule has 5 rings (SSSR count). The second-order valence-electron chi connectivity index (χ2n) is 7.82. The van der Waals surface area contributed by atoms with Crippen molar-refractivity contribution in [2.75, 3.05) is 0 Å². The third-order valence-corrected chi connectivity index (χ3v) is 5.66. The van der Waals surface area contributed by atoms with Crippen molar-refractivity contribution >= 4 is 16.8 Å². The minimum atomic E-state index is -0.308. The Labute approximate surface area is 179 Å². The molecule has 0 bridgehead atoms. The second kappa shape index (κ2) is 8.28. The van der Waals surface area contributed by atoms with Crippen molar-refractivity contribution in [3.05, 3.63) is 78.0 Å². The summed E-state index contributed by atoms with van der Waals surface area (Å²) in [6.07, 6.45) is 6.35. The minimum absolute atomic E-state index is 0.126. The topological polar surface area (TPSA) is 101 Å². The van der Waals surface area contributed by atoms with Gasteiger partial charge in [-0.2, -0.15) is 0 Å².